The lowest BCUT2D eigenvalue weighted by Gasteiger charge is -2.08. The Labute approximate surface area is 187 Å². The molecule has 2 aromatic carbocycles. The highest BCUT2D eigenvalue weighted by Gasteiger charge is 2.09. The minimum atomic E-state index is -0.0143. The van der Waals surface area contributed by atoms with Gasteiger partial charge in [-0.25, -0.2) is 0 Å². The molecule has 0 aliphatic carbocycles. The molecule has 1 N–H and O–H groups in total. The largest absolute Gasteiger partial charge is 0.497 e. The van der Waals surface area contributed by atoms with Crippen molar-refractivity contribution in [3.8, 4) is 28.6 Å². The predicted molar refractivity (Wildman–Crippen MR) is 120 cm³/mol. The fourth-order valence-corrected chi connectivity index (χ4v) is 3.04. The van der Waals surface area contributed by atoms with Crippen molar-refractivity contribution in [3.63, 3.8) is 0 Å². The summed E-state index contributed by atoms with van der Waals surface area (Å²) in [5.74, 6) is 3.46. The fraction of sp³-hybridized carbons (Fsp3) is 0.375. The molecule has 0 spiro atoms. The Bertz CT molecular complexity index is 955. The molecule has 0 saturated heterocycles. The first-order chi connectivity index (χ1) is 15.7. The molecule has 0 aliphatic rings. The third-order valence-electron chi connectivity index (χ3n) is 4.86. The van der Waals surface area contributed by atoms with Crippen LogP contribution in [0.15, 0.2) is 53.1 Å². The molecule has 0 aliphatic heterocycles. The van der Waals surface area contributed by atoms with Crippen molar-refractivity contribution in [2.45, 2.75) is 32.1 Å². The molecule has 0 unspecified atom stereocenters. The number of carbonyl (C=O) groups is 1. The Morgan fingerprint density at radius 3 is 2.25 bits per heavy atom. The number of amides is 1. The maximum absolute atomic E-state index is 11.9. The number of aryl methyl sites for hydroxylation is 1. The Hall–Kier alpha value is -3.55. The number of carbonyl (C=O) groups excluding carboxylic acids is 1. The van der Waals surface area contributed by atoms with Crippen molar-refractivity contribution >= 4 is 5.91 Å². The summed E-state index contributed by atoms with van der Waals surface area (Å²) in [6.07, 6.45) is 3.81. The van der Waals surface area contributed by atoms with Gasteiger partial charge in [-0.15, -0.1) is 0 Å². The molecular formula is C24H29N3O5. The van der Waals surface area contributed by atoms with E-state index in [9.17, 15) is 4.79 Å². The van der Waals surface area contributed by atoms with Crippen LogP contribution in [-0.2, 0) is 11.2 Å². The lowest BCUT2D eigenvalue weighted by molar-refractivity contribution is -0.121. The third kappa shape index (κ3) is 7.30. The van der Waals surface area contributed by atoms with Crippen LogP contribution in [0, 0.1) is 0 Å². The Morgan fingerprint density at radius 2 is 1.56 bits per heavy atom. The van der Waals surface area contributed by atoms with Gasteiger partial charge < -0.3 is 24.1 Å². The van der Waals surface area contributed by atoms with E-state index in [1.165, 1.54) is 0 Å². The van der Waals surface area contributed by atoms with Crippen LogP contribution in [0.1, 0.15) is 31.6 Å². The molecule has 1 amide bonds. The average molecular weight is 440 g/mol. The molecule has 8 heteroatoms. The van der Waals surface area contributed by atoms with E-state index in [1.54, 1.807) is 14.2 Å². The van der Waals surface area contributed by atoms with E-state index in [0.29, 0.717) is 37.7 Å². The molecule has 1 heterocycles. The van der Waals surface area contributed by atoms with E-state index < -0.39 is 0 Å². The number of benzene rings is 2. The molecule has 170 valence electrons. The van der Waals surface area contributed by atoms with Gasteiger partial charge in [0.05, 0.1) is 27.2 Å². The number of aromatic nitrogens is 2. The minimum absolute atomic E-state index is 0.0143. The smallest absolute Gasteiger partial charge is 0.226 e. The van der Waals surface area contributed by atoms with Gasteiger partial charge in [0, 0.05) is 18.5 Å². The van der Waals surface area contributed by atoms with Gasteiger partial charge in [0.15, 0.2) is 0 Å². The molecular weight excluding hydrogens is 410 g/mol. The second-order valence-electron chi connectivity index (χ2n) is 7.17. The van der Waals surface area contributed by atoms with Crippen molar-refractivity contribution in [3.05, 3.63) is 54.4 Å². The van der Waals surface area contributed by atoms with Crippen molar-refractivity contribution in [2.24, 2.45) is 0 Å². The number of nitrogens with one attached hydrogen (secondary N) is 1. The lowest BCUT2D eigenvalue weighted by atomic mass is 10.2. The zero-order valence-corrected chi connectivity index (χ0v) is 18.5. The highest BCUT2D eigenvalue weighted by molar-refractivity contribution is 5.75. The number of methoxy groups -OCH3 is 2. The topological polar surface area (TPSA) is 95.7 Å². The van der Waals surface area contributed by atoms with E-state index in [2.05, 4.69) is 15.5 Å². The normalized spacial score (nSPS) is 10.6. The van der Waals surface area contributed by atoms with E-state index in [-0.39, 0.29) is 5.91 Å². The minimum Gasteiger partial charge on any atom is -0.497 e. The van der Waals surface area contributed by atoms with Gasteiger partial charge in [-0.05, 0) is 61.4 Å². The van der Waals surface area contributed by atoms with Crippen LogP contribution in [0.2, 0.25) is 0 Å². The predicted octanol–water partition coefficient (Wildman–Crippen LogP) is 4.05. The molecule has 0 fully saturated rings. The van der Waals surface area contributed by atoms with Crippen LogP contribution >= 0.6 is 0 Å². The average Bonchev–Trinajstić information content (AvgIpc) is 3.31. The summed E-state index contributed by atoms with van der Waals surface area (Å²) >= 11 is 0. The van der Waals surface area contributed by atoms with Crippen molar-refractivity contribution in [2.75, 3.05) is 27.4 Å². The second kappa shape index (κ2) is 12.3. The van der Waals surface area contributed by atoms with Gasteiger partial charge in [-0.3, -0.25) is 4.79 Å². The third-order valence-corrected chi connectivity index (χ3v) is 4.86. The maximum atomic E-state index is 11.9. The van der Waals surface area contributed by atoms with Crippen LogP contribution in [-0.4, -0.2) is 43.4 Å². The van der Waals surface area contributed by atoms with Crippen LogP contribution in [0.3, 0.4) is 0 Å². The summed E-state index contributed by atoms with van der Waals surface area (Å²) < 4.78 is 21.2. The number of hydrogen-bond donors (Lipinski definition) is 1. The highest BCUT2D eigenvalue weighted by Crippen LogP contribution is 2.20. The van der Waals surface area contributed by atoms with E-state index >= 15 is 0 Å². The van der Waals surface area contributed by atoms with Gasteiger partial charge in [0.25, 0.3) is 0 Å². The first kappa shape index (κ1) is 23.1. The monoisotopic (exact) mass is 439 g/mol. The molecule has 8 nitrogen and oxygen atoms in total. The Balaban J connectivity index is 1.25. The van der Waals surface area contributed by atoms with Gasteiger partial charge in [-0.1, -0.05) is 11.6 Å². The molecule has 0 radical (unpaired) electrons. The van der Waals surface area contributed by atoms with E-state index in [0.717, 1.165) is 42.1 Å². The summed E-state index contributed by atoms with van der Waals surface area (Å²) in [7, 11) is 3.25. The number of rotatable bonds is 13. The van der Waals surface area contributed by atoms with Crippen molar-refractivity contribution in [1.82, 2.24) is 15.5 Å². The van der Waals surface area contributed by atoms with Gasteiger partial charge in [0.2, 0.25) is 17.6 Å². The Kier molecular flexibility index (Phi) is 8.92. The van der Waals surface area contributed by atoms with E-state index in [4.69, 9.17) is 18.7 Å². The van der Waals surface area contributed by atoms with Crippen LogP contribution in [0.25, 0.3) is 11.4 Å². The van der Waals surface area contributed by atoms with Crippen LogP contribution < -0.4 is 19.5 Å². The van der Waals surface area contributed by atoms with Crippen molar-refractivity contribution in [1.29, 1.82) is 0 Å². The lowest BCUT2D eigenvalue weighted by Crippen LogP contribution is -2.25. The first-order valence-corrected chi connectivity index (χ1v) is 10.7. The zero-order valence-electron chi connectivity index (χ0n) is 18.5. The van der Waals surface area contributed by atoms with Crippen LogP contribution in [0.5, 0.6) is 17.2 Å². The maximum Gasteiger partial charge on any atom is 0.226 e. The number of unbranched alkanes of at least 4 members (excludes halogenated alkanes) is 2. The highest BCUT2D eigenvalue weighted by atomic mass is 16.5. The summed E-state index contributed by atoms with van der Waals surface area (Å²) in [6.45, 7) is 0.980. The Morgan fingerprint density at radius 1 is 0.906 bits per heavy atom. The number of hydrogen-bond acceptors (Lipinski definition) is 7. The molecule has 1 aromatic heterocycles. The van der Waals surface area contributed by atoms with E-state index in [1.807, 2.05) is 48.5 Å². The quantitative estimate of drug-likeness (QED) is 0.401. The summed E-state index contributed by atoms with van der Waals surface area (Å²) in [5, 5.41) is 6.96. The molecule has 0 saturated carbocycles. The zero-order chi connectivity index (χ0) is 22.6. The SMILES string of the molecule is COc1ccc(OCCC(=O)NCCCCCc2nc(-c3ccc(OC)cc3)no2)cc1. The van der Waals surface area contributed by atoms with Crippen LogP contribution in [0.4, 0.5) is 0 Å². The van der Waals surface area contributed by atoms with Gasteiger partial charge in [-0.2, -0.15) is 4.98 Å². The number of nitrogens with zero attached hydrogens (tertiary/aromatic N) is 2. The number of ether oxygens (including phenoxy) is 3. The van der Waals surface area contributed by atoms with Gasteiger partial charge >= 0.3 is 0 Å². The van der Waals surface area contributed by atoms with Crippen molar-refractivity contribution < 1.29 is 23.5 Å². The molecule has 32 heavy (non-hydrogen) atoms. The summed E-state index contributed by atoms with van der Waals surface area (Å²) in [5.41, 5.74) is 0.888. The first-order valence-electron chi connectivity index (χ1n) is 10.7. The second-order valence-corrected chi connectivity index (χ2v) is 7.17. The molecule has 3 rings (SSSR count). The molecule has 3 aromatic rings. The van der Waals surface area contributed by atoms with Gasteiger partial charge in [0.1, 0.15) is 17.2 Å². The standard InChI is InChI=1S/C24H29N3O5/c1-29-19-9-7-18(8-10-19)24-26-23(32-27-24)6-4-3-5-16-25-22(28)15-17-31-21-13-11-20(30-2)12-14-21/h7-14H,3-6,15-17H2,1-2H3,(H,25,28). The molecule has 0 atom stereocenters. The fourth-order valence-electron chi connectivity index (χ4n) is 3.04. The molecule has 0 bridgehead atoms. The summed E-state index contributed by atoms with van der Waals surface area (Å²) in [6, 6.07) is 14.8. The summed E-state index contributed by atoms with van der Waals surface area (Å²) in [4.78, 5) is 16.4.